The molecule has 3 N–H and O–H groups in total. The molecule has 0 aliphatic rings. The normalized spacial score (nSPS) is 9.86. The Kier molecular flexibility index (Phi) is 4.98. The number of amides is 2. The number of benzene rings is 2. The molecule has 0 fully saturated rings. The third kappa shape index (κ3) is 4.24. The second-order valence-electron chi connectivity index (χ2n) is 4.47. The van der Waals surface area contributed by atoms with Gasteiger partial charge in [0.15, 0.2) is 6.61 Å². The Hall–Kier alpha value is -3.02. The fraction of sp³-hybridized carbons (Fsp3) is 0.125. The van der Waals surface area contributed by atoms with E-state index < -0.39 is 5.91 Å². The summed E-state index contributed by atoms with van der Waals surface area (Å²) in [6.45, 7) is -0.212. The Morgan fingerprint density at radius 1 is 1.09 bits per heavy atom. The summed E-state index contributed by atoms with van der Waals surface area (Å²) in [7, 11) is 1.56. The molecule has 2 aromatic carbocycles. The van der Waals surface area contributed by atoms with Crippen molar-refractivity contribution in [3.05, 3.63) is 54.1 Å². The van der Waals surface area contributed by atoms with E-state index >= 15 is 0 Å². The molecule has 114 valence electrons. The molecule has 2 amide bonds. The van der Waals surface area contributed by atoms with E-state index in [1.165, 1.54) is 0 Å². The highest BCUT2D eigenvalue weighted by Crippen LogP contribution is 2.18. The number of methoxy groups -OCH3 is 1. The molecule has 0 aliphatic carbocycles. The zero-order valence-corrected chi connectivity index (χ0v) is 12.0. The van der Waals surface area contributed by atoms with E-state index in [2.05, 4.69) is 5.32 Å². The quantitative estimate of drug-likeness (QED) is 0.851. The van der Waals surface area contributed by atoms with E-state index in [1.54, 1.807) is 55.6 Å². The van der Waals surface area contributed by atoms with Crippen LogP contribution >= 0.6 is 0 Å². The minimum absolute atomic E-state index is 0.212. The minimum Gasteiger partial charge on any atom is -0.497 e. The van der Waals surface area contributed by atoms with Gasteiger partial charge < -0.3 is 20.5 Å². The molecule has 0 heterocycles. The van der Waals surface area contributed by atoms with Crippen molar-refractivity contribution in [2.24, 2.45) is 5.73 Å². The molecule has 22 heavy (non-hydrogen) atoms. The predicted octanol–water partition coefficient (Wildman–Crippen LogP) is 1.81. The van der Waals surface area contributed by atoms with Crippen LogP contribution in [0.1, 0.15) is 10.4 Å². The van der Waals surface area contributed by atoms with Gasteiger partial charge in [0.1, 0.15) is 11.5 Å². The zero-order valence-electron chi connectivity index (χ0n) is 12.0. The van der Waals surface area contributed by atoms with Crippen molar-refractivity contribution in [2.45, 2.75) is 0 Å². The summed E-state index contributed by atoms with van der Waals surface area (Å²) < 4.78 is 10.2. The average molecular weight is 300 g/mol. The van der Waals surface area contributed by atoms with Crippen LogP contribution in [-0.2, 0) is 4.79 Å². The molecule has 2 aromatic rings. The number of nitrogens with one attached hydrogen (secondary N) is 1. The van der Waals surface area contributed by atoms with Crippen LogP contribution in [-0.4, -0.2) is 25.5 Å². The van der Waals surface area contributed by atoms with Crippen molar-refractivity contribution in [1.82, 2.24) is 0 Å². The van der Waals surface area contributed by atoms with Crippen LogP contribution in [0.4, 0.5) is 5.69 Å². The van der Waals surface area contributed by atoms with E-state index in [-0.39, 0.29) is 12.5 Å². The average Bonchev–Trinajstić information content (AvgIpc) is 2.53. The van der Waals surface area contributed by atoms with Gasteiger partial charge in [-0.1, -0.05) is 6.07 Å². The van der Waals surface area contributed by atoms with Crippen LogP contribution in [0.25, 0.3) is 0 Å². The van der Waals surface area contributed by atoms with Crippen molar-refractivity contribution < 1.29 is 19.1 Å². The molecule has 0 unspecified atom stereocenters. The summed E-state index contributed by atoms with van der Waals surface area (Å²) in [5, 5.41) is 2.75. The number of carbonyl (C=O) groups excluding carboxylic acids is 2. The Bertz CT molecular complexity index is 668. The van der Waals surface area contributed by atoms with Gasteiger partial charge in [-0.3, -0.25) is 9.59 Å². The Morgan fingerprint density at radius 3 is 2.45 bits per heavy atom. The second-order valence-corrected chi connectivity index (χ2v) is 4.47. The van der Waals surface area contributed by atoms with Crippen molar-refractivity contribution in [3.8, 4) is 11.5 Å². The summed E-state index contributed by atoms with van der Waals surface area (Å²) in [5.41, 5.74) is 6.08. The largest absolute Gasteiger partial charge is 0.497 e. The Balaban J connectivity index is 2.04. The number of primary amides is 1. The van der Waals surface area contributed by atoms with Crippen LogP contribution in [0.5, 0.6) is 11.5 Å². The van der Waals surface area contributed by atoms with Crippen molar-refractivity contribution in [2.75, 3.05) is 19.0 Å². The van der Waals surface area contributed by atoms with Crippen LogP contribution in [0, 0.1) is 0 Å². The molecule has 0 aliphatic heterocycles. The van der Waals surface area contributed by atoms with Crippen molar-refractivity contribution in [1.29, 1.82) is 0 Å². The molecule has 0 spiro atoms. The summed E-state index contributed by atoms with van der Waals surface area (Å²) >= 11 is 0. The number of hydrogen-bond donors (Lipinski definition) is 2. The Morgan fingerprint density at radius 2 is 1.82 bits per heavy atom. The molecule has 6 heteroatoms. The summed E-state index contributed by atoms with van der Waals surface area (Å²) in [4.78, 5) is 22.8. The monoisotopic (exact) mass is 300 g/mol. The van der Waals surface area contributed by atoms with Crippen LogP contribution in [0.2, 0.25) is 0 Å². The lowest BCUT2D eigenvalue weighted by molar-refractivity contribution is -0.119. The summed E-state index contributed by atoms with van der Waals surface area (Å²) in [6, 6.07) is 13.5. The highest BCUT2D eigenvalue weighted by atomic mass is 16.5. The van der Waals surface area contributed by atoms with Gasteiger partial charge in [-0.15, -0.1) is 0 Å². The molecule has 0 bridgehead atoms. The standard InChI is InChI=1S/C16H16N2O4/c1-21-13-7-5-11(6-8-13)16(20)18-12-3-2-4-14(9-12)22-10-15(17)19/h2-9H,10H2,1H3,(H2,17,19)(H,18,20). The van der Waals surface area contributed by atoms with E-state index in [0.29, 0.717) is 22.7 Å². The number of nitrogens with two attached hydrogens (primary N) is 1. The maximum Gasteiger partial charge on any atom is 0.255 e. The van der Waals surface area contributed by atoms with E-state index in [9.17, 15) is 9.59 Å². The van der Waals surface area contributed by atoms with Crippen LogP contribution in [0.3, 0.4) is 0 Å². The van der Waals surface area contributed by atoms with Crippen molar-refractivity contribution >= 4 is 17.5 Å². The highest BCUT2D eigenvalue weighted by Gasteiger charge is 2.07. The van der Waals surface area contributed by atoms with Gasteiger partial charge in [0.2, 0.25) is 0 Å². The molecule has 0 saturated heterocycles. The number of hydrogen-bond acceptors (Lipinski definition) is 4. The maximum atomic E-state index is 12.1. The molecule has 0 radical (unpaired) electrons. The molecule has 0 saturated carbocycles. The van der Waals surface area contributed by atoms with Crippen LogP contribution in [0.15, 0.2) is 48.5 Å². The fourth-order valence-corrected chi connectivity index (χ4v) is 1.76. The van der Waals surface area contributed by atoms with Gasteiger partial charge in [-0.25, -0.2) is 0 Å². The highest BCUT2D eigenvalue weighted by molar-refractivity contribution is 6.04. The topological polar surface area (TPSA) is 90.7 Å². The van der Waals surface area contributed by atoms with E-state index in [4.69, 9.17) is 15.2 Å². The lowest BCUT2D eigenvalue weighted by Crippen LogP contribution is -2.20. The number of anilines is 1. The second kappa shape index (κ2) is 7.12. The maximum absolute atomic E-state index is 12.1. The Labute approximate surface area is 127 Å². The number of carbonyl (C=O) groups is 2. The van der Waals surface area contributed by atoms with Gasteiger partial charge in [-0.05, 0) is 36.4 Å². The van der Waals surface area contributed by atoms with Gasteiger partial charge in [0.25, 0.3) is 11.8 Å². The first-order chi connectivity index (χ1) is 10.6. The molecule has 0 aromatic heterocycles. The van der Waals surface area contributed by atoms with Gasteiger partial charge in [0.05, 0.1) is 7.11 Å². The molecular weight excluding hydrogens is 284 g/mol. The van der Waals surface area contributed by atoms with Gasteiger partial charge >= 0.3 is 0 Å². The fourth-order valence-electron chi connectivity index (χ4n) is 1.76. The minimum atomic E-state index is -0.562. The summed E-state index contributed by atoms with van der Waals surface area (Å²) in [5.74, 6) is 0.312. The number of rotatable bonds is 6. The van der Waals surface area contributed by atoms with E-state index in [1.807, 2.05) is 0 Å². The van der Waals surface area contributed by atoms with Crippen molar-refractivity contribution in [3.63, 3.8) is 0 Å². The summed E-state index contributed by atoms with van der Waals surface area (Å²) in [6.07, 6.45) is 0. The first-order valence-corrected chi connectivity index (χ1v) is 6.55. The lowest BCUT2D eigenvalue weighted by Gasteiger charge is -2.08. The van der Waals surface area contributed by atoms with Gasteiger partial charge in [0, 0.05) is 17.3 Å². The number of ether oxygens (including phenoxy) is 2. The smallest absolute Gasteiger partial charge is 0.255 e. The van der Waals surface area contributed by atoms with Crippen LogP contribution < -0.4 is 20.5 Å². The SMILES string of the molecule is COc1ccc(C(=O)Nc2cccc(OCC(N)=O)c2)cc1. The molecule has 0 atom stereocenters. The molecule has 6 nitrogen and oxygen atoms in total. The zero-order chi connectivity index (χ0) is 15.9. The van der Waals surface area contributed by atoms with Gasteiger partial charge in [-0.2, -0.15) is 0 Å². The third-order valence-electron chi connectivity index (χ3n) is 2.83. The lowest BCUT2D eigenvalue weighted by atomic mass is 10.2. The predicted molar refractivity (Wildman–Crippen MR) is 82.1 cm³/mol. The third-order valence-corrected chi connectivity index (χ3v) is 2.83. The van der Waals surface area contributed by atoms with E-state index in [0.717, 1.165) is 0 Å². The first-order valence-electron chi connectivity index (χ1n) is 6.55. The molecular formula is C16H16N2O4. The molecule has 2 rings (SSSR count). The first kappa shape index (κ1) is 15.4.